The average molecular weight is 1480 g/mol. The third-order valence-corrected chi connectivity index (χ3v) is 21.9. The molecule has 3 N–H and O–H groups in total. The number of rotatable bonds is 15. The number of alkyl halides is 12. The number of amides is 2. The van der Waals surface area contributed by atoms with E-state index in [-0.39, 0.29) is 91.8 Å². The Morgan fingerprint density at radius 2 is 1.04 bits per heavy atom. The lowest BCUT2D eigenvalue weighted by atomic mass is 10.1. The average Bonchev–Trinajstić information content (AvgIpc) is 1.77. The van der Waals surface area contributed by atoms with Crippen LogP contribution in [0.5, 0.6) is 11.5 Å². The Kier molecular flexibility index (Phi) is 21.1. The molecular formula is C58H49Cl3F12N10O8S4. The van der Waals surface area contributed by atoms with Crippen molar-refractivity contribution in [3.8, 4) is 11.5 Å². The van der Waals surface area contributed by atoms with Crippen LogP contribution in [0.15, 0.2) is 119 Å². The summed E-state index contributed by atoms with van der Waals surface area (Å²) in [6.45, 7) is 0.299. The van der Waals surface area contributed by atoms with Gasteiger partial charge in [0.05, 0.1) is 29.7 Å². The van der Waals surface area contributed by atoms with E-state index in [9.17, 15) is 79.1 Å². The Morgan fingerprint density at radius 3 is 1.52 bits per heavy atom. The second-order valence-corrected chi connectivity index (χ2v) is 28.8. The van der Waals surface area contributed by atoms with E-state index in [4.69, 9.17) is 34.8 Å². The van der Waals surface area contributed by atoms with E-state index in [0.717, 1.165) is 100 Å². The summed E-state index contributed by atoms with van der Waals surface area (Å²) in [6, 6.07) is 22.5. The fourth-order valence-electron chi connectivity index (χ4n) is 9.96. The van der Waals surface area contributed by atoms with Gasteiger partial charge in [0.25, 0.3) is 0 Å². The Labute approximate surface area is 555 Å². The smallest absolute Gasteiger partial charge is 0.406 e. The molecule has 2 atom stereocenters. The van der Waals surface area contributed by atoms with E-state index in [1.165, 1.54) is 40.7 Å². The van der Waals surface area contributed by atoms with Crippen molar-refractivity contribution in [2.45, 2.75) is 97.6 Å². The molecule has 2 aliphatic heterocycles. The molecule has 12 rings (SSSR count). The molecule has 37 heteroatoms. The molecule has 4 aromatic carbocycles. The second-order valence-electron chi connectivity index (χ2n) is 21.7. The molecule has 18 nitrogen and oxygen atoms in total. The fraction of sp³-hybridized carbons (Fsp3) is 0.345. The molecule has 0 unspecified atom stereocenters. The zero-order valence-electron chi connectivity index (χ0n) is 48.4. The van der Waals surface area contributed by atoms with Crippen molar-refractivity contribution >= 4 is 115 Å². The van der Waals surface area contributed by atoms with Gasteiger partial charge in [0.1, 0.15) is 40.1 Å². The largest absolute Gasteiger partial charge is 0.573 e. The minimum absolute atomic E-state index is 0.00840. The van der Waals surface area contributed by atoms with E-state index < -0.39 is 91.3 Å². The van der Waals surface area contributed by atoms with E-state index >= 15 is 0 Å². The molecule has 6 heterocycles. The molecule has 0 spiro atoms. The summed E-state index contributed by atoms with van der Waals surface area (Å²) in [5.41, 5.74) is 0.688. The van der Waals surface area contributed by atoms with Crippen LogP contribution in [0.3, 0.4) is 0 Å². The SMILES string of the molecule is FC(F)(F)c1cc(Cl)c2sc(Cl)nc2n1.O=C(NCc1ccc(OC(F)(F)F)cc1)[C@H]1CN(c2nc3cc(C(F)(F)F)nc(Cl)c3s2)CCN1S(=O)(=O)c1ccc(C2CC2)cc1.O=C(NCc1ccc(OC(F)(F)F)cc1)[C@H]1CNCCN1S(=O)(=O)c1ccc(C2CC2)cc1. The Morgan fingerprint density at radius 1 is 0.568 bits per heavy atom. The van der Waals surface area contributed by atoms with Gasteiger partial charge in [0.2, 0.25) is 31.9 Å². The molecule has 2 aliphatic carbocycles. The number of fused-ring (bicyclic) bond motifs is 2. The number of pyridine rings is 2. The third kappa shape index (κ3) is 18.0. The van der Waals surface area contributed by atoms with Crippen LogP contribution in [-0.2, 0) is 55.1 Å². The normalized spacial score (nSPS) is 17.7. The molecule has 508 valence electrons. The van der Waals surface area contributed by atoms with Crippen molar-refractivity contribution in [1.82, 2.24) is 44.5 Å². The highest BCUT2D eigenvalue weighted by Gasteiger charge is 2.43. The standard InChI is InChI=1S/C29H24ClF6N5O4S2.C22H24F3N3O4S.C7HCl2F3N2S/c30-25-24-21(13-23(39-25)28(31,32)33)38-27(46-24)40-11-12-41(47(43,44)20-9-5-18(6-10-20)17-3-4-17)22(15-40)26(42)37-14-16-1-7-19(8-2-16)45-29(34,35)36;23-22(24,25)32-18-7-1-15(2-8-18)13-27-21(29)20-14-26-11-12-28(20)33(30,31)19-9-5-17(6-10-19)16-3-4-16;8-2-1-3(7(10,11)12)13-5-4(2)15-6(9)14-5/h1-2,5-10,13,17,22H,3-4,11-12,14-15H2,(H,37,42);1-2,5-10,16,20,26H,3-4,11-14H2,(H,27,29);1H/t22-;20-;/m11./s1. The lowest BCUT2D eigenvalue weighted by molar-refractivity contribution is -0.275. The van der Waals surface area contributed by atoms with Gasteiger partial charge < -0.3 is 30.3 Å². The number of hydrogen-bond acceptors (Lipinski definition) is 16. The third-order valence-electron chi connectivity index (χ3n) is 14.9. The van der Waals surface area contributed by atoms with Gasteiger partial charge in [-0.05, 0) is 120 Å². The number of anilines is 1. The van der Waals surface area contributed by atoms with Crippen molar-refractivity contribution < 1.29 is 88.6 Å². The topological polar surface area (TPSA) is 218 Å². The molecule has 2 amide bonds. The van der Waals surface area contributed by atoms with Crippen LogP contribution in [0.2, 0.25) is 14.6 Å². The maximum Gasteiger partial charge on any atom is 0.573 e. The lowest BCUT2D eigenvalue weighted by Gasteiger charge is -2.39. The summed E-state index contributed by atoms with van der Waals surface area (Å²) in [5, 5.41) is 8.14. The van der Waals surface area contributed by atoms with E-state index in [1.54, 1.807) is 29.2 Å². The minimum Gasteiger partial charge on any atom is -0.406 e. The number of nitrogens with one attached hydrogen (secondary N) is 3. The predicted octanol–water partition coefficient (Wildman–Crippen LogP) is 13.1. The van der Waals surface area contributed by atoms with Crippen molar-refractivity contribution in [2.75, 3.05) is 44.2 Å². The van der Waals surface area contributed by atoms with Crippen LogP contribution in [0.4, 0.5) is 57.8 Å². The second kappa shape index (κ2) is 28.3. The number of benzene rings is 4. The Balaban J connectivity index is 0.000000176. The van der Waals surface area contributed by atoms with Crippen LogP contribution in [0.25, 0.3) is 20.6 Å². The first-order valence-electron chi connectivity index (χ1n) is 28.3. The summed E-state index contributed by atoms with van der Waals surface area (Å²) in [6.07, 6.45) is -14.7. The Bertz CT molecular complexity index is 4320. The number of thiazole rings is 2. The van der Waals surface area contributed by atoms with Gasteiger partial charge in [-0.2, -0.15) is 35.0 Å². The molecular weight excluding hydrogens is 1430 g/mol. The van der Waals surface area contributed by atoms with Gasteiger partial charge in [-0.25, -0.2) is 36.8 Å². The number of carbonyl (C=O) groups excluding carboxylic acids is 2. The van der Waals surface area contributed by atoms with Crippen molar-refractivity contribution in [3.05, 3.63) is 157 Å². The molecule has 4 aromatic heterocycles. The maximum atomic E-state index is 13.9. The van der Waals surface area contributed by atoms with Crippen molar-refractivity contribution in [1.29, 1.82) is 0 Å². The number of hydrogen-bond donors (Lipinski definition) is 3. The summed E-state index contributed by atoms with van der Waals surface area (Å²) in [4.78, 5) is 42.9. The minimum atomic E-state index is -4.87. The fourth-order valence-corrected chi connectivity index (χ4v) is 15.6. The highest BCUT2D eigenvalue weighted by molar-refractivity contribution is 7.89. The molecule has 95 heavy (non-hydrogen) atoms. The number of halogens is 15. The van der Waals surface area contributed by atoms with Crippen LogP contribution in [0.1, 0.15) is 71.2 Å². The van der Waals surface area contributed by atoms with E-state index in [2.05, 4.69) is 45.4 Å². The molecule has 0 radical (unpaired) electrons. The number of nitrogens with zero attached hydrogens (tertiary/aromatic N) is 7. The predicted molar refractivity (Wildman–Crippen MR) is 327 cm³/mol. The van der Waals surface area contributed by atoms with Gasteiger partial charge in [0.15, 0.2) is 15.2 Å². The number of piperazine rings is 2. The lowest BCUT2D eigenvalue weighted by Crippen LogP contribution is -2.60. The van der Waals surface area contributed by atoms with Gasteiger partial charge in [-0.3, -0.25) is 9.59 Å². The van der Waals surface area contributed by atoms with Gasteiger partial charge >= 0.3 is 25.1 Å². The highest BCUT2D eigenvalue weighted by atomic mass is 35.5. The van der Waals surface area contributed by atoms with Crippen LogP contribution in [0, 0.1) is 0 Å². The number of carbonyl (C=O) groups is 2. The number of aromatic nitrogens is 4. The molecule has 0 bridgehead atoms. The monoisotopic (exact) mass is 1470 g/mol. The van der Waals surface area contributed by atoms with Crippen LogP contribution >= 0.6 is 57.5 Å². The summed E-state index contributed by atoms with van der Waals surface area (Å²) in [5.74, 6) is -1.10. The van der Waals surface area contributed by atoms with Gasteiger partial charge in [0, 0.05) is 52.4 Å². The van der Waals surface area contributed by atoms with Crippen LogP contribution in [-0.4, -0.2) is 121 Å². The van der Waals surface area contributed by atoms with E-state index in [1.807, 2.05) is 12.1 Å². The molecule has 4 fully saturated rings. The summed E-state index contributed by atoms with van der Waals surface area (Å²) >= 11 is 19.2. The zero-order valence-corrected chi connectivity index (χ0v) is 53.9. The first-order chi connectivity index (χ1) is 44.6. The number of ether oxygens (including phenoxy) is 2. The molecule has 2 saturated heterocycles. The van der Waals surface area contributed by atoms with Crippen LogP contribution < -0.4 is 30.3 Å². The zero-order chi connectivity index (χ0) is 68.6. The van der Waals surface area contributed by atoms with Crippen molar-refractivity contribution in [2.24, 2.45) is 0 Å². The molecule has 8 aromatic rings. The summed E-state index contributed by atoms with van der Waals surface area (Å²) < 4.78 is 216. The van der Waals surface area contributed by atoms with Gasteiger partial charge in [-0.15, -0.1) is 26.3 Å². The first-order valence-corrected chi connectivity index (χ1v) is 33.9. The molecule has 2 saturated carbocycles. The van der Waals surface area contributed by atoms with Crippen molar-refractivity contribution in [3.63, 3.8) is 0 Å². The van der Waals surface area contributed by atoms with Gasteiger partial charge in [-0.1, -0.05) is 106 Å². The van der Waals surface area contributed by atoms with E-state index in [0.29, 0.717) is 34.2 Å². The Hall–Kier alpha value is -6.89. The highest BCUT2D eigenvalue weighted by Crippen LogP contribution is 2.43. The first kappa shape index (κ1) is 70.9. The maximum absolute atomic E-state index is 13.9. The molecule has 4 aliphatic rings. The summed E-state index contributed by atoms with van der Waals surface area (Å²) in [7, 11) is -8.07. The number of sulfonamides is 2. The quantitative estimate of drug-likeness (QED) is 0.0643.